The highest BCUT2D eigenvalue weighted by atomic mass is 16.7. The number of ether oxygens (including phenoxy) is 2. The number of methoxy groups -OCH3 is 1. The molecule has 0 saturated carbocycles. The fraction of sp³-hybridized carbons (Fsp3) is 0.564. The van der Waals surface area contributed by atoms with E-state index in [2.05, 4.69) is 21.3 Å². The van der Waals surface area contributed by atoms with Crippen LogP contribution in [0.5, 0.6) is 5.75 Å². The lowest BCUT2D eigenvalue weighted by Crippen LogP contribution is -2.61. The van der Waals surface area contributed by atoms with Gasteiger partial charge in [-0.05, 0) is 99.7 Å². The van der Waals surface area contributed by atoms with E-state index in [1.54, 1.807) is 56.3 Å². The second-order valence-corrected chi connectivity index (χ2v) is 14.3. The molecule has 0 unspecified atom stereocenters. The van der Waals surface area contributed by atoms with Crippen molar-refractivity contribution in [3.63, 3.8) is 0 Å². The van der Waals surface area contributed by atoms with Gasteiger partial charge in [0.25, 0.3) is 5.91 Å². The van der Waals surface area contributed by atoms with Crippen molar-refractivity contribution in [1.82, 2.24) is 21.3 Å². The van der Waals surface area contributed by atoms with Crippen molar-refractivity contribution in [3.05, 3.63) is 64.7 Å². The first-order valence-electron chi connectivity index (χ1n) is 19.1. The van der Waals surface area contributed by atoms with Crippen molar-refractivity contribution in [3.8, 4) is 5.75 Å². The first-order chi connectivity index (χ1) is 27.1. The SMILES string of the molecule is CO[C@@H]1O[C@H](C(=O)NCCCC[C@@H](NC(=O)[C@@H](N)Cc2c(C)cc(O)cc2C)C(=O)N[C@@H](Cc2ccccc2)C(=O)N[C@@H](CCCCN)C(N)=O)[C@@H](O)[C@H](O)[C@H]1O. The standard InChI is InChI=1S/C39H59N7O11/c1-21-17-24(47)18-22(2)25(21)20-26(41)35(52)45-28(14-8-10-16-43-38(55)33-31(49)30(48)32(50)39(56-3)57-33)36(53)46-29(19-23-11-5-4-6-12-23)37(54)44-27(34(42)51)13-7-9-15-40/h4-6,11-12,17-18,26-33,39,47-50H,7-10,13-16,19-20,40-41H2,1-3H3,(H2,42,51)(H,43,55)(H,44,54)(H,45,52)(H,46,53)/t26-,27-,28+,29-,30-,31-,32+,33-,39+/m0/s1. The van der Waals surface area contributed by atoms with E-state index in [4.69, 9.17) is 26.7 Å². The molecule has 57 heavy (non-hydrogen) atoms. The van der Waals surface area contributed by atoms with E-state index < -0.39 is 84.4 Å². The van der Waals surface area contributed by atoms with Crippen molar-refractivity contribution < 1.29 is 53.9 Å². The molecular weight excluding hydrogens is 742 g/mol. The fourth-order valence-electron chi connectivity index (χ4n) is 6.58. The number of primary amides is 1. The summed E-state index contributed by atoms with van der Waals surface area (Å²) in [6, 6.07) is 7.51. The van der Waals surface area contributed by atoms with Crippen molar-refractivity contribution in [2.24, 2.45) is 17.2 Å². The monoisotopic (exact) mass is 801 g/mol. The van der Waals surface area contributed by atoms with Gasteiger partial charge in [-0.2, -0.15) is 0 Å². The molecule has 2 aromatic carbocycles. The van der Waals surface area contributed by atoms with Gasteiger partial charge in [0.2, 0.25) is 23.6 Å². The van der Waals surface area contributed by atoms with Crippen molar-refractivity contribution in [2.45, 2.75) is 120 Å². The molecule has 1 heterocycles. The summed E-state index contributed by atoms with van der Waals surface area (Å²) in [5, 5.41) is 51.1. The molecule has 316 valence electrons. The predicted octanol–water partition coefficient (Wildman–Crippen LogP) is -2.07. The van der Waals surface area contributed by atoms with E-state index >= 15 is 0 Å². The molecule has 0 spiro atoms. The van der Waals surface area contributed by atoms with E-state index in [1.165, 1.54) is 7.11 Å². The number of unbranched alkanes of at least 4 members (excludes halogenated alkanes) is 2. The zero-order chi connectivity index (χ0) is 42.2. The van der Waals surface area contributed by atoms with Crippen LogP contribution in [0.15, 0.2) is 42.5 Å². The Morgan fingerprint density at radius 1 is 0.789 bits per heavy atom. The van der Waals surface area contributed by atoms with Crippen LogP contribution in [0, 0.1) is 13.8 Å². The third-order valence-corrected chi connectivity index (χ3v) is 9.88. The van der Waals surface area contributed by atoms with Crippen LogP contribution in [0.3, 0.4) is 0 Å². The Morgan fingerprint density at radius 3 is 1.98 bits per heavy atom. The Bertz CT molecular complexity index is 1620. The maximum absolute atomic E-state index is 14.0. The summed E-state index contributed by atoms with van der Waals surface area (Å²) < 4.78 is 10.3. The number of aromatic hydroxyl groups is 1. The summed E-state index contributed by atoms with van der Waals surface area (Å²) in [5.74, 6) is -3.45. The number of carbonyl (C=O) groups is 5. The van der Waals surface area contributed by atoms with Crippen LogP contribution in [0.4, 0.5) is 0 Å². The van der Waals surface area contributed by atoms with Crippen LogP contribution >= 0.6 is 0 Å². The lowest BCUT2D eigenvalue weighted by molar-refractivity contribution is -0.283. The maximum Gasteiger partial charge on any atom is 0.252 e. The number of hydrogen-bond donors (Lipinski definition) is 11. The Balaban J connectivity index is 1.77. The van der Waals surface area contributed by atoms with E-state index in [0.717, 1.165) is 16.7 Å². The molecule has 0 bridgehead atoms. The number of phenolic OH excluding ortho intramolecular Hbond substituents is 1. The summed E-state index contributed by atoms with van der Waals surface area (Å²) >= 11 is 0. The maximum atomic E-state index is 14.0. The van der Waals surface area contributed by atoms with Crippen LogP contribution in [-0.2, 0) is 46.3 Å². The lowest BCUT2D eigenvalue weighted by Gasteiger charge is -2.38. The summed E-state index contributed by atoms with van der Waals surface area (Å²) in [6.07, 6.45) is -5.74. The second-order valence-electron chi connectivity index (χ2n) is 14.3. The van der Waals surface area contributed by atoms with Crippen molar-refractivity contribution in [1.29, 1.82) is 0 Å². The molecule has 1 fully saturated rings. The number of phenols is 1. The number of rotatable bonds is 22. The van der Waals surface area contributed by atoms with Gasteiger partial charge in [0.1, 0.15) is 42.2 Å². The Kier molecular flexibility index (Phi) is 18.8. The van der Waals surface area contributed by atoms with E-state index in [9.17, 15) is 44.4 Å². The van der Waals surface area contributed by atoms with Crippen LogP contribution in [-0.4, -0.2) is 125 Å². The first-order valence-corrected chi connectivity index (χ1v) is 19.1. The third kappa shape index (κ3) is 14.0. The topological polar surface area (TPSA) is 311 Å². The van der Waals surface area contributed by atoms with Crippen LogP contribution in [0.2, 0.25) is 0 Å². The van der Waals surface area contributed by atoms with Crippen molar-refractivity contribution in [2.75, 3.05) is 20.2 Å². The minimum Gasteiger partial charge on any atom is -0.508 e. The second kappa shape index (κ2) is 22.9. The first kappa shape index (κ1) is 46.7. The Morgan fingerprint density at radius 2 is 1.37 bits per heavy atom. The van der Waals surface area contributed by atoms with Crippen LogP contribution in [0.1, 0.15) is 60.8 Å². The number of nitrogens with one attached hydrogen (secondary N) is 4. The number of benzene rings is 2. The summed E-state index contributed by atoms with van der Waals surface area (Å²) in [4.78, 5) is 66.3. The molecule has 5 amide bonds. The molecule has 9 atom stereocenters. The van der Waals surface area contributed by atoms with Gasteiger partial charge >= 0.3 is 0 Å². The van der Waals surface area contributed by atoms with Gasteiger partial charge in [-0.1, -0.05) is 30.3 Å². The van der Waals surface area contributed by atoms with E-state index in [-0.39, 0.29) is 50.8 Å². The van der Waals surface area contributed by atoms with Gasteiger partial charge in [-0.3, -0.25) is 24.0 Å². The highest BCUT2D eigenvalue weighted by Gasteiger charge is 2.47. The third-order valence-electron chi connectivity index (χ3n) is 9.88. The number of amides is 5. The highest BCUT2D eigenvalue weighted by Crippen LogP contribution is 2.23. The number of aliphatic hydroxyl groups is 3. The quantitative estimate of drug-likeness (QED) is 0.0571. The van der Waals surface area contributed by atoms with Gasteiger partial charge < -0.3 is 68.4 Å². The number of carbonyl (C=O) groups excluding carboxylic acids is 5. The molecule has 1 aliphatic heterocycles. The lowest BCUT2D eigenvalue weighted by atomic mass is 9.95. The highest BCUT2D eigenvalue weighted by molar-refractivity contribution is 5.94. The molecule has 1 saturated heterocycles. The molecule has 2 aromatic rings. The normalized spacial score (nSPS) is 21.4. The van der Waals surface area contributed by atoms with Gasteiger partial charge in [-0.15, -0.1) is 0 Å². The summed E-state index contributed by atoms with van der Waals surface area (Å²) in [5.41, 5.74) is 20.4. The zero-order valence-corrected chi connectivity index (χ0v) is 32.7. The van der Waals surface area contributed by atoms with E-state index in [0.29, 0.717) is 24.9 Å². The van der Waals surface area contributed by atoms with E-state index in [1.807, 2.05) is 0 Å². The van der Waals surface area contributed by atoms with Gasteiger partial charge in [-0.25, -0.2) is 0 Å². The molecule has 1 aliphatic rings. The van der Waals surface area contributed by atoms with Gasteiger partial charge in [0, 0.05) is 20.1 Å². The molecule has 0 radical (unpaired) electrons. The zero-order valence-electron chi connectivity index (χ0n) is 32.7. The van der Waals surface area contributed by atoms with Crippen molar-refractivity contribution >= 4 is 29.5 Å². The minimum atomic E-state index is -1.72. The molecule has 18 nitrogen and oxygen atoms in total. The minimum absolute atomic E-state index is 0.0410. The average molecular weight is 802 g/mol. The predicted molar refractivity (Wildman–Crippen MR) is 208 cm³/mol. The number of aryl methyl sites for hydroxylation is 2. The Labute approximate surface area is 332 Å². The number of nitrogens with two attached hydrogens (primary N) is 3. The Hall–Kier alpha value is -4.69. The fourth-order valence-corrected chi connectivity index (χ4v) is 6.58. The molecule has 3 rings (SSSR count). The molecular formula is C39H59N7O11. The van der Waals surface area contributed by atoms with Crippen LogP contribution in [0.25, 0.3) is 0 Å². The summed E-state index contributed by atoms with van der Waals surface area (Å²) in [7, 11) is 1.21. The van der Waals surface area contributed by atoms with Gasteiger partial charge in [0.15, 0.2) is 12.4 Å². The number of hydrogen-bond acceptors (Lipinski definition) is 13. The summed E-state index contributed by atoms with van der Waals surface area (Å²) in [6.45, 7) is 4.00. The smallest absolute Gasteiger partial charge is 0.252 e. The van der Waals surface area contributed by atoms with Crippen LogP contribution < -0.4 is 38.5 Å². The van der Waals surface area contributed by atoms with Gasteiger partial charge in [0.05, 0.1) is 6.04 Å². The molecule has 14 N–H and O–H groups in total. The number of aliphatic hydroxyl groups excluding tert-OH is 3. The largest absolute Gasteiger partial charge is 0.508 e. The molecule has 0 aromatic heterocycles. The molecule has 18 heteroatoms. The average Bonchev–Trinajstić information content (AvgIpc) is 3.17. The molecule has 0 aliphatic carbocycles.